The van der Waals surface area contributed by atoms with Crippen molar-refractivity contribution in [2.24, 2.45) is 5.73 Å². The van der Waals surface area contributed by atoms with E-state index in [0.717, 1.165) is 19.1 Å². The van der Waals surface area contributed by atoms with Crippen LogP contribution in [-0.4, -0.2) is 4.98 Å². The van der Waals surface area contributed by atoms with Gasteiger partial charge in [0.15, 0.2) is 0 Å². The van der Waals surface area contributed by atoms with Crippen LogP contribution in [0.5, 0.6) is 0 Å². The lowest BCUT2D eigenvalue weighted by atomic mass is 9.98. The Balaban J connectivity index is 1.99. The van der Waals surface area contributed by atoms with E-state index >= 15 is 0 Å². The van der Waals surface area contributed by atoms with Crippen molar-refractivity contribution in [1.29, 1.82) is 0 Å². The maximum atomic E-state index is 5.86. The predicted octanol–water partition coefficient (Wildman–Crippen LogP) is 2.16. The smallest absolute Gasteiger partial charge is 0.0874 e. The van der Waals surface area contributed by atoms with E-state index in [2.05, 4.69) is 4.98 Å². The van der Waals surface area contributed by atoms with Gasteiger partial charge in [0.2, 0.25) is 0 Å². The fourth-order valence-electron chi connectivity index (χ4n) is 3.01. The van der Waals surface area contributed by atoms with Crippen molar-refractivity contribution < 1.29 is 4.74 Å². The highest BCUT2D eigenvalue weighted by molar-refractivity contribution is 5.40. The van der Waals surface area contributed by atoms with E-state index in [0.29, 0.717) is 6.54 Å². The number of nitrogens with two attached hydrogens (primary N) is 1. The Labute approximate surface area is 90.0 Å². The number of aromatic nitrogens is 1. The molecule has 0 unspecified atom stereocenters. The SMILES string of the molecule is NCc1c(C2CCCC2)[nH]c2c1COC2. The molecule has 1 saturated carbocycles. The molecule has 0 spiro atoms. The van der Waals surface area contributed by atoms with Crippen LogP contribution in [0.15, 0.2) is 0 Å². The molecular weight excluding hydrogens is 188 g/mol. The number of H-pyrrole nitrogens is 1. The molecule has 82 valence electrons. The van der Waals surface area contributed by atoms with Crippen LogP contribution in [0.3, 0.4) is 0 Å². The van der Waals surface area contributed by atoms with E-state index in [1.165, 1.54) is 48.2 Å². The second kappa shape index (κ2) is 3.65. The molecule has 3 heteroatoms. The lowest BCUT2D eigenvalue weighted by Crippen LogP contribution is -2.05. The molecule has 0 atom stereocenters. The maximum absolute atomic E-state index is 5.86. The summed E-state index contributed by atoms with van der Waals surface area (Å²) < 4.78 is 5.43. The Morgan fingerprint density at radius 3 is 2.80 bits per heavy atom. The first kappa shape index (κ1) is 9.43. The minimum Gasteiger partial charge on any atom is -0.370 e. The minimum atomic E-state index is 0.654. The van der Waals surface area contributed by atoms with Gasteiger partial charge < -0.3 is 15.5 Å². The molecule has 0 radical (unpaired) electrons. The molecule has 1 fully saturated rings. The van der Waals surface area contributed by atoms with Gasteiger partial charge in [-0.25, -0.2) is 0 Å². The van der Waals surface area contributed by atoms with Gasteiger partial charge >= 0.3 is 0 Å². The van der Waals surface area contributed by atoms with Crippen LogP contribution in [0.2, 0.25) is 0 Å². The first-order valence-corrected chi connectivity index (χ1v) is 5.90. The average molecular weight is 206 g/mol. The summed E-state index contributed by atoms with van der Waals surface area (Å²) in [6, 6.07) is 0. The Morgan fingerprint density at radius 1 is 1.27 bits per heavy atom. The van der Waals surface area contributed by atoms with Gasteiger partial charge in [0.1, 0.15) is 0 Å². The Hall–Kier alpha value is -0.800. The van der Waals surface area contributed by atoms with Crippen molar-refractivity contribution in [3.8, 4) is 0 Å². The van der Waals surface area contributed by atoms with Crippen molar-refractivity contribution in [2.45, 2.75) is 51.4 Å². The van der Waals surface area contributed by atoms with Crippen LogP contribution in [0.1, 0.15) is 54.1 Å². The molecule has 0 aromatic carbocycles. The highest BCUT2D eigenvalue weighted by Gasteiger charge is 2.27. The van der Waals surface area contributed by atoms with Crippen molar-refractivity contribution in [3.05, 3.63) is 22.5 Å². The lowest BCUT2D eigenvalue weighted by molar-refractivity contribution is 0.132. The van der Waals surface area contributed by atoms with Crippen molar-refractivity contribution in [2.75, 3.05) is 0 Å². The summed E-state index contributed by atoms with van der Waals surface area (Å²) in [7, 11) is 0. The molecule has 0 amide bonds. The number of hydrogen-bond acceptors (Lipinski definition) is 2. The molecule has 15 heavy (non-hydrogen) atoms. The fourth-order valence-corrected chi connectivity index (χ4v) is 3.01. The van der Waals surface area contributed by atoms with Gasteiger partial charge in [-0.05, 0) is 24.3 Å². The van der Waals surface area contributed by atoms with Gasteiger partial charge in [-0.15, -0.1) is 0 Å². The zero-order chi connectivity index (χ0) is 10.3. The number of rotatable bonds is 2. The molecule has 3 N–H and O–H groups in total. The largest absolute Gasteiger partial charge is 0.370 e. The lowest BCUT2D eigenvalue weighted by Gasteiger charge is -2.10. The van der Waals surface area contributed by atoms with Crippen LogP contribution >= 0.6 is 0 Å². The van der Waals surface area contributed by atoms with Gasteiger partial charge in [0, 0.05) is 23.5 Å². The Bertz CT molecular complexity index is 364. The third-order valence-electron chi connectivity index (χ3n) is 3.80. The number of nitrogens with one attached hydrogen (secondary N) is 1. The molecule has 3 rings (SSSR count). The Kier molecular flexibility index (Phi) is 2.29. The fraction of sp³-hybridized carbons (Fsp3) is 0.667. The van der Waals surface area contributed by atoms with E-state index in [9.17, 15) is 0 Å². The van der Waals surface area contributed by atoms with Gasteiger partial charge in [0.25, 0.3) is 0 Å². The van der Waals surface area contributed by atoms with Crippen LogP contribution in [0, 0.1) is 0 Å². The summed E-state index contributed by atoms with van der Waals surface area (Å²) >= 11 is 0. The minimum absolute atomic E-state index is 0.654. The monoisotopic (exact) mass is 206 g/mol. The summed E-state index contributed by atoms with van der Waals surface area (Å²) in [5, 5.41) is 0. The van der Waals surface area contributed by atoms with Gasteiger partial charge in [-0.3, -0.25) is 0 Å². The van der Waals surface area contributed by atoms with Gasteiger partial charge in [-0.2, -0.15) is 0 Å². The molecule has 0 bridgehead atoms. The second-order valence-electron chi connectivity index (χ2n) is 4.65. The quantitative estimate of drug-likeness (QED) is 0.779. The Morgan fingerprint density at radius 2 is 2.07 bits per heavy atom. The summed E-state index contributed by atoms with van der Waals surface area (Å²) in [4.78, 5) is 3.55. The molecular formula is C12H18N2O. The highest BCUT2D eigenvalue weighted by Crippen LogP contribution is 2.38. The molecule has 1 aromatic rings. The molecule has 1 aliphatic carbocycles. The number of fused-ring (bicyclic) bond motifs is 1. The van der Waals surface area contributed by atoms with E-state index in [4.69, 9.17) is 10.5 Å². The van der Waals surface area contributed by atoms with Crippen molar-refractivity contribution in [1.82, 2.24) is 4.98 Å². The van der Waals surface area contributed by atoms with E-state index in [1.54, 1.807) is 0 Å². The van der Waals surface area contributed by atoms with Crippen molar-refractivity contribution >= 4 is 0 Å². The first-order chi connectivity index (χ1) is 7.40. The topological polar surface area (TPSA) is 51.0 Å². The molecule has 3 nitrogen and oxygen atoms in total. The third kappa shape index (κ3) is 1.42. The molecule has 2 heterocycles. The van der Waals surface area contributed by atoms with E-state index in [1.807, 2.05) is 0 Å². The van der Waals surface area contributed by atoms with Gasteiger partial charge in [0.05, 0.1) is 13.2 Å². The highest BCUT2D eigenvalue weighted by atomic mass is 16.5. The van der Waals surface area contributed by atoms with Crippen LogP contribution in [0.25, 0.3) is 0 Å². The van der Waals surface area contributed by atoms with E-state index < -0.39 is 0 Å². The summed E-state index contributed by atoms with van der Waals surface area (Å²) in [6.07, 6.45) is 5.39. The average Bonchev–Trinajstić information content (AvgIpc) is 2.93. The molecule has 1 aromatic heterocycles. The second-order valence-corrected chi connectivity index (χ2v) is 4.65. The van der Waals surface area contributed by atoms with Gasteiger partial charge in [-0.1, -0.05) is 12.8 Å². The maximum Gasteiger partial charge on any atom is 0.0874 e. The third-order valence-corrected chi connectivity index (χ3v) is 3.80. The van der Waals surface area contributed by atoms with Crippen LogP contribution in [-0.2, 0) is 24.5 Å². The first-order valence-electron chi connectivity index (χ1n) is 5.90. The number of hydrogen-bond donors (Lipinski definition) is 2. The zero-order valence-electron chi connectivity index (χ0n) is 9.01. The zero-order valence-corrected chi connectivity index (χ0v) is 9.01. The normalized spacial score (nSPS) is 21.1. The summed E-state index contributed by atoms with van der Waals surface area (Å²) in [6.45, 7) is 2.15. The van der Waals surface area contributed by atoms with Crippen LogP contribution < -0.4 is 5.73 Å². The standard InChI is InChI=1S/C12H18N2O/c13-5-9-10-6-15-7-11(10)14-12(9)8-3-1-2-4-8/h8,14H,1-7,13H2. The number of ether oxygens (including phenoxy) is 1. The molecule has 0 saturated heterocycles. The van der Waals surface area contributed by atoms with Crippen molar-refractivity contribution in [3.63, 3.8) is 0 Å². The summed E-state index contributed by atoms with van der Waals surface area (Å²) in [5.41, 5.74) is 11.2. The molecule has 1 aliphatic heterocycles. The predicted molar refractivity (Wildman–Crippen MR) is 58.4 cm³/mol. The molecule has 2 aliphatic rings. The van der Waals surface area contributed by atoms with E-state index in [-0.39, 0.29) is 0 Å². The van der Waals surface area contributed by atoms with Crippen LogP contribution in [0.4, 0.5) is 0 Å². The summed E-state index contributed by atoms with van der Waals surface area (Å²) in [5.74, 6) is 0.731. The number of aromatic amines is 1.